The predicted molar refractivity (Wildman–Crippen MR) is 59.1 cm³/mol. The zero-order valence-electron chi connectivity index (χ0n) is 9.68. The van der Waals surface area contributed by atoms with Crippen molar-refractivity contribution in [3.63, 3.8) is 0 Å². The predicted octanol–water partition coefficient (Wildman–Crippen LogP) is -0.634. The Bertz CT molecular complexity index is 332. The quantitative estimate of drug-likeness (QED) is 0.609. The molecule has 0 aromatic heterocycles. The molecule has 1 saturated heterocycles. The fourth-order valence-electron chi connectivity index (χ4n) is 1.76. The molecule has 96 valence electrons. The van der Waals surface area contributed by atoms with E-state index in [2.05, 4.69) is 5.32 Å². The van der Waals surface area contributed by atoms with Gasteiger partial charge in [-0.3, -0.25) is 4.79 Å². The van der Waals surface area contributed by atoms with Gasteiger partial charge in [0.2, 0.25) is 5.91 Å². The number of aliphatic carboxylic acids is 1. The van der Waals surface area contributed by atoms with E-state index in [1.807, 2.05) is 0 Å². The van der Waals surface area contributed by atoms with Gasteiger partial charge >= 0.3 is 12.0 Å². The molecular weight excluding hydrogens is 226 g/mol. The lowest BCUT2D eigenvalue weighted by molar-refractivity contribution is -0.139. The van der Waals surface area contributed by atoms with Crippen molar-refractivity contribution < 1.29 is 19.5 Å². The van der Waals surface area contributed by atoms with Crippen molar-refractivity contribution in [3.05, 3.63) is 0 Å². The van der Waals surface area contributed by atoms with Crippen LogP contribution in [-0.2, 0) is 9.59 Å². The molecule has 2 atom stereocenters. The Morgan fingerprint density at radius 2 is 2.18 bits per heavy atom. The molecule has 0 saturated carbocycles. The van der Waals surface area contributed by atoms with Gasteiger partial charge in [-0.05, 0) is 12.8 Å². The number of carboxylic acid groups (broad SMARTS) is 1. The second kappa shape index (κ2) is 5.51. The number of hydrogen-bond acceptors (Lipinski definition) is 3. The first kappa shape index (κ1) is 13.3. The Labute approximate surface area is 98.9 Å². The maximum atomic E-state index is 11.7. The number of likely N-dealkylation sites (tertiary alicyclic amines) is 1. The highest BCUT2D eigenvalue weighted by molar-refractivity contribution is 5.84. The van der Waals surface area contributed by atoms with Crippen LogP contribution >= 0.6 is 0 Å². The van der Waals surface area contributed by atoms with Gasteiger partial charge in [0.15, 0.2) is 0 Å². The Balaban J connectivity index is 2.49. The van der Waals surface area contributed by atoms with Crippen molar-refractivity contribution in [2.45, 2.75) is 25.8 Å². The highest BCUT2D eigenvalue weighted by Gasteiger charge is 2.31. The van der Waals surface area contributed by atoms with E-state index < -0.39 is 23.9 Å². The van der Waals surface area contributed by atoms with Crippen molar-refractivity contribution in [2.75, 3.05) is 13.1 Å². The first-order valence-corrected chi connectivity index (χ1v) is 5.53. The summed E-state index contributed by atoms with van der Waals surface area (Å²) in [4.78, 5) is 34.8. The number of nitrogens with zero attached hydrogens (tertiary/aromatic N) is 1. The van der Waals surface area contributed by atoms with Gasteiger partial charge in [0.25, 0.3) is 0 Å². The molecule has 17 heavy (non-hydrogen) atoms. The number of carbonyl (C=O) groups excluding carboxylic acids is 2. The summed E-state index contributed by atoms with van der Waals surface area (Å²) >= 11 is 0. The Morgan fingerprint density at radius 3 is 2.59 bits per heavy atom. The molecule has 1 rings (SSSR count). The molecular formula is C10H17N3O4. The van der Waals surface area contributed by atoms with Crippen LogP contribution in [0.3, 0.4) is 0 Å². The normalized spacial score (nSPS) is 21.0. The lowest BCUT2D eigenvalue weighted by Crippen LogP contribution is -2.47. The molecule has 1 unspecified atom stereocenters. The van der Waals surface area contributed by atoms with Gasteiger partial charge in [-0.1, -0.05) is 6.92 Å². The molecule has 4 N–H and O–H groups in total. The van der Waals surface area contributed by atoms with Crippen LogP contribution in [0.15, 0.2) is 0 Å². The molecule has 1 heterocycles. The minimum Gasteiger partial charge on any atom is -0.480 e. The zero-order chi connectivity index (χ0) is 13.0. The average molecular weight is 243 g/mol. The van der Waals surface area contributed by atoms with Crippen LogP contribution in [-0.4, -0.2) is 47.0 Å². The summed E-state index contributed by atoms with van der Waals surface area (Å²) in [5, 5.41) is 11.2. The first-order chi connectivity index (χ1) is 7.95. The van der Waals surface area contributed by atoms with Gasteiger partial charge in [0.1, 0.15) is 6.04 Å². The van der Waals surface area contributed by atoms with Crippen LogP contribution in [0, 0.1) is 5.92 Å². The summed E-state index contributed by atoms with van der Waals surface area (Å²) in [6, 6.07) is -1.35. The topological polar surface area (TPSA) is 113 Å². The van der Waals surface area contributed by atoms with Gasteiger partial charge in [-0.25, -0.2) is 9.59 Å². The third kappa shape index (κ3) is 3.33. The SMILES string of the molecule is CC[C@@H](NC(=O)N1CCC(C(N)=O)C1)C(=O)O. The fraction of sp³-hybridized carbons (Fsp3) is 0.700. The van der Waals surface area contributed by atoms with Gasteiger partial charge in [0.05, 0.1) is 5.92 Å². The lowest BCUT2D eigenvalue weighted by atomic mass is 10.1. The Morgan fingerprint density at radius 1 is 1.53 bits per heavy atom. The molecule has 0 bridgehead atoms. The van der Waals surface area contributed by atoms with E-state index in [9.17, 15) is 14.4 Å². The zero-order valence-corrected chi connectivity index (χ0v) is 9.68. The smallest absolute Gasteiger partial charge is 0.326 e. The monoisotopic (exact) mass is 243 g/mol. The number of primary amides is 1. The van der Waals surface area contributed by atoms with E-state index >= 15 is 0 Å². The maximum Gasteiger partial charge on any atom is 0.326 e. The molecule has 0 spiro atoms. The number of rotatable bonds is 4. The van der Waals surface area contributed by atoms with Gasteiger partial charge in [0, 0.05) is 13.1 Å². The summed E-state index contributed by atoms with van der Waals surface area (Å²) in [5.74, 6) is -1.82. The number of nitrogens with one attached hydrogen (secondary N) is 1. The third-order valence-corrected chi connectivity index (χ3v) is 2.88. The molecule has 0 aliphatic carbocycles. The summed E-state index contributed by atoms with van der Waals surface area (Å²) < 4.78 is 0. The molecule has 3 amide bonds. The maximum absolute atomic E-state index is 11.7. The summed E-state index contributed by atoms with van der Waals surface area (Å²) in [7, 11) is 0. The lowest BCUT2D eigenvalue weighted by Gasteiger charge is -2.20. The molecule has 0 aromatic rings. The van der Waals surface area contributed by atoms with Crippen molar-refractivity contribution in [1.82, 2.24) is 10.2 Å². The standard InChI is InChI=1S/C10H17N3O4/c1-2-7(9(15)16)12-10(17)13-4-3-6(5-13)8(11)14/h6-7H,2-5H2,1H3,(H2,11,14)(H,12,17)(H,15,16)/t6?,7-/m1/s1. The average Bonchev–Trinajstić information content (AvgIpc) is 2.74. The van der Waals surface area contributed by atoms with E-state index in [0.29, 0.717) is 19.4 Å². The van der Waals surface area contributed by atoms with E-state index in [1.165, 1.54) is 4.90 Å². The number of carboxylic acids is 1. The highest BCUT2D eigenvalue weighted by atomic mass is 16.4. The number of urea groups is 1. The van der Waals surface area contributed by atoms with Crippen LogP contribution < -0.4 is 11.1 Å². The Kier molecular flexibility index (Phi) is 4.30. The minimum absolute atomic E-state index is 0.261. The van der Waals surface area contributed by atoms with E-state index in [4.69, 9.17) is 10.8 Å². The summed E-state index contributed by atoms with van der Waals surface area (Å²) in [6.07, 6.45) is 0.848. The first-order valence-electron chi connectivity index (χ1n) is 5.53. The van der Waals surface area contributed by atoms with Crippen LogP contribution in [0.4, 0.5) is 4.79 Å². The van der Waals surface area contributed by atoms with Crippen molar-refractivity contribution in [1.29, 1.82) is 0 Å². The van der Waals surface area contributed by atoms with Crippen molar-refractivity contribution in [3.8, 4) is 0 Å². The molecule has 0 aromatic carbocycles. The second-order valence-corrected chi connectivity index (χ2v) is 4.08. The van der Waals surface area contributed by atoms with E-state index in [0.717, 1.165) is 0 Å². The van der Waals surface area contributed by atoms with Crippen molar-refractivity contribution in [2.24, 2.45) is 11.7 Å². The third-order valence-electron chi connectivity index (χ3n) is 2.88. The molecule has 1 fully saturated rings. The largest absolute Gasteiger partial charge is 0.480 e. The van der Waals surface area contributed by atoms with Crippen molar-refractivity contribution >= 4 is 17.9 Å². The minimum atomic E-state index is -1.06. The van der Waals surface area contributed by atoms with Gasteiger partial charge in [-0.2, -0.15) is 0 Å². The molecule has 1 aliphatic heterocycles. The van der Waals surface area contributed by atoms with Gasteiger partial charge in [-0.15, -0.1) is 0 Å². The second-order valence-electron chi connectivity index (χ2n) is 4.08. The van der Waals surface area contributed by atoms with Crippen LogP contribution in [0.5, 0.6) is 0 Å². The van der Waals surface area contributed by atoms with E-state index in [-0.39, 0.29) is 12.5 Å². The number of carbonyl (C=O) groups is 3. The summed E-state index contributed by atoms with van der Waals surface area (Å²) in [5.41, 5.74) is 5.14. The molecule has 7 heteroatoms. The van der Waals surface area contributed by atoms with Crippen LogP contribution in [0.1, 0.15) is 19.8 Å². The number of nitrogens with two attached hydrogens (primary N) is 1. The fourth-order valence-corrected chi connectivity index (χ4v) is 1.76. The highest BCUT2D eigenvalue weighted by Crippen LogP contribution is 2.15. The van der Waals surface area contributed by atoms with Crippen LogP contribution in [0.2, 0.25) is 0 Å². The Hall–Kier alpha value is -1.79. The molecule has 7 nitrogen and oxygen atoms in total. The van der Waals surface area contributed by atoms with Crippen LogP contribution in [0.25, 0.3) is 0 Å². The van der Waals surface area contributed by atoms with E-state index in [1.54, 1.807) is 6.92 Å². The summed E-state index contributed by atoms with van der Waals surface area (Å²) in [6.45, 7) is 2.36. The molecule has 0 radical (unpaired) electrons. The molecule has 1 aliphatic rings. The van der Waals surface area contributed by atoms with Gasteiger partial charge < -0.3 is 21.1 Å². The number of hydrogen-bond donors (Lipinski definition) is 3. The number of amides is 3.